The maximum Gasteiger partial charge on any atom is 0.305 e. The summed E-state index contributed by atoms with van der Waals surface area (Å²) in [4.78, 5) is 25.4. The van der Waals surface area contributed by atoms with Gasteiger partial charge < -0.3 is 19.6 Å². The van der Waals surface area contributed by atoms with Gasteiger partial charge in [-0.25, -0.2) is 0 Å². The van der Waals surface area contributed by atoms with Crippen molar-refractivity contribution < 1.29 is 19.4 Å². The van der Waals surface area contributed by atoms with Crippen molar-refractivity contribution in [2.75, 3.05) is 36.5 Å². The summed E-state index contributed by atoms with van der Waals surface area (Å²) < 4.78 is 5.38. The number of carboxylic acids is 1. The van der Waals surface area contributed by atoms with Gasteiger partial charge in [-0.3, -0.25) is 9.59 Å². The lowest BCUT2D eigenvalue weighted by molar-refractivity contribution is -0.136. The van der Waals surface area contributed by atoms with Gasteiger partial charge in [0.15, 0.2) is 6.61 Å². The topological polar surface area (TPSA) is 93.9 Å². The Balaban J connectivity index is 2.24. The number of benzene rings is 1. The molecule has 0 bridgehead atoms. The first-order chi connectivity index (χ1) is 10.0. The lowest BCUT2D eigenvalue weighted by Gasteiger charge is -2.28. The highest BCUT2D eigenvalue weighted by Crippen LogP contribution is 2.34. The van der Waals surface area contributed by atoms with Gasteiger partial charge in [0, 0.05) is 25.3 Å². The Morgan fingerprint density at radius 1 is 1.57 bits per heavy atom. The normalized spacial score (nSPS) is 13.1. The Morgan fingerprint density at radius 3 is 3.00 bits per heavy atom. The van der Waals surface area contributed by atoms with Crippen LogP contribution in [0.15, 0.2) is 18.2 Å². The molecule has 0 spiro atoms. The fraction of sp³-hybridized carbons (Fsp3) is 0.357. The molecule has 1 aliphatic rings. The number of nitrogens with zero attached hydrogens (tertiary/aromatic N) is 3. The number of likely N-dealkylation sites (N-methyl/N-ethyl adjacent to an activating group) is 1. The van der Waals surface area contributed by atoms with Crippen LogP contribution in [0.1, 0.15) is 6.42 Å². The van der Waals surface area contributed by atoms with E-state index in [-0.39, 0.29) is 32.0 Å². The van der Waals surface area contributed by atoms with Crippen molar-refractivity contribution in [1.82, 2.24) is 0 Å². The highest BCUT2D eigenvalue weighted by Gasteiger charge is 2.23. The van der Waals surface area contributed by atoms with Crippen molar-refractivity contribution in [3.05, 3.63) is 18.2 Å². The molecule has 21 heavy (non-hydrogen) atoms. The van der Waals surface area contributed by atoms with Gasteiger partial charge in [-0.2, -0.15) is 5.26 Å². The summed E-state index contributed by atoms with van der Waals surface area (Å²) >= 11 is 0. The van der Waals surface area contributed by atoms with Crippen molar-refractivity contribution in [2.45, 2.75) is 6.42 Å². The van der Waals surface area contributed by atoms with Crippen molar-refractivity contribution in [2.24, 2.45) is 0 Å². The highest BCUT2D eigenvalue weighted by molar-refractivity contribution is 5.97. The van der Waals surface area contributed by atoms with Crippen LogP contribution in [-0.4, -0.2) is 43.7 Å². The largest absolute Gasteiger partial charge is 0.481 e. The van der Waals surface area contributed by atoms with Gasteiger partial charge in [0.05, 0.1) is 18.2 Å². The second-order valence-corrected chi connectivity index (χ2v) is 4.62. The molecule has 1 amide bonds. The van der Waals surface area contributed by atoms with Gasteiger partial charge in [0.1, 0.15) is 12.3 Å². The van der Waals surface area contributed by atoms with E-state index < -0.39 is 5.97 Å². The van der Waals surface area contributed by atoms with E-state index in [0.717, 1.165) is 0 Å². The highest BCUT2D eigenvalue weighted by atomic mass is 16.5. The zero-order valence-corrected chi connectivity index (χ0v) is 11.6. The van der Waals surface area contributed by atoms with E-state index in [2.05, 4.69) is 0 Å². The fourth-order valence-corrected chi connectivity index (χ4v) is 2.08. The van der Waals surface area contributed by atoms with Gasteiger partial charge in [-0.15, -0.1) is 0 Å². The molecule has 0 atom stereocenters. The summed E-state index contributed by atoms with van der Waals surface area (Å²) in [6.07, 6.45) is -0.0575. The van der Waals surface area contributed by atoms with Gasteiger partial charge in [0.2, 0.25) is 0 Å². The van der Waals surface area contributed by atoms with Crippen LogP contribution < -0.4 is 14.5 Å². The number of aliphatic carboxylic acids is 1. The van der Waals surface area contributed by atoms with Gasteiger partial charge >= 0.3 is 5.97 Å². The molecule has 0 aliphatic carbocycles. The van der Waals surface area contributed by atoms with Crippen molar-refractivity contribution >= 4 is 23.3 Å². The summed E-state index contributed by atoms with van der Waals surface area (Å²) in [5.41, 5.74) is 1.35. The average molecular weight is 289 g/mol. The van der Waals surface area contributed by atoms with Crippen LogP contribution in [0.3, 0.4) is 0 Å². The molecule has 0 fully saturated rings. The number of carboxylic acid groups (broad SMARTS) is 1. The number of amides is 1. The minimum atomic E-state index is -0.919. The second-order valence-electron chi connectivity index (χ2n) is 4.62. The Bertz CT molecular complexity index is 609. The molecule has 110 valence electrons. The fourth-order valence-electron chi connectivity index (χ4n) is 2.08. The molecule has 1 aromatic rings. The summed E-state index contributed by atoms with van der Waals surface area (Å²) in [7, 11) is 1.67. The quantitative estimate of drug-likeness (QED) is 0.807. The lowest BCUT2D eigenvalue weighted by Crippen LogP contribution is -2.35. The Kier molecular flexibility index (Phi) is 4.28. The van der Waals surface area contributed by atoms with Gasteiger partial charge in [-0.1, -0.05) is 0 Å². The minimum absolute atomic E-state index is 0.0275. The van der Waals surface area contributed by atoms with E-state index in [4.69, 9.17) is 15.1 Å². The molecule has 7 heteroatoms. The van der Waals surface area contributed by atoms with E-state index >= 15 is 0 Å². The maximum atomic E-state index is 11.5. The number of ether oxygens (including phenoxy) is 1. The number of nitriles is 1. The second kappa shape index (κ2) is 6.13. The third kappa shape index (κ3) is 3.23. The molecule has 1 aromatic carbocycles. The predicted octanol–water partition coefficient (Wildman–Crippen LogP) is 0.846. The van der Waals surface area contributed by atoms with Crippen molar-refractivity contribution in [3.8, 4) is 11.8 Å². The molecular formula is C14H15N3O4. The number of anilines is 2. The van der Waals surface area contributed by atoms with E-state index in [1.54, 1.807) is 30.1 Å². The number of carbonyl (C=O) groups excluding carboxylic acids is 1. The van der Waals surface area contributed by atoms with Crippen LogP contribution in [0.4, 0.5) is 11.4 Å². The third-order valence-electron chi connectivity index (χ3n) is 3.25. The van der Waals surface area contributed by atoms with Gasteiger partial charge in [0.25, 0.3) is 5.91 Å². The molecular weight excluding hydrogens is 274 g/mol. The molecule has 1 N–H and O–H groups in total. The molecule has 0 saturated heterocycles. The van der Waals surface area contributed by atoms with Crippen LogP contribution >= 0.6 is 0 Å². The summed E-state index contributed by atoms with van der Waals surface area (Å²) in [5.74, 6) is -0.500. The molecule has 0 radical (unpaired) electrons. The standard InChI is InChI=1S/C14H15N3O4/c1-16-11-3-2-10(8-12(11)21-9-13(16)18)17(7-5-15)6-4-14(19)20/h2-3,8H,4,6-7,9H2,1H3,(H,19,20). The smallest absolute Gasteiger partial charge is 0.305 e. The van der Waals surface area contributed by atoms with Crippen molar-refractivity contribution in [3.63, 3.8) is 0 Å². The molecule has 7 nitrogen and oxygen atoms in total. The first-order valence-electron chi connectivity index (χ1n) is 6.40. The lowest BCUT2D eigenvalue weighted by atomic mass is 10.2. The average Bonchev–Trinajstić information content (AvgIpc) is 2.47. The van der Waals surface area contributed by atoms with Gasteiger partial charge in [-0.05, 0) is 12.1 Å². The van der Waals surface area contributed by atoms with E-state index in [0.29, 0.717) is 17.1 Å². The van der Waals surface area contributed by atoms with E-state index in [9.17, 15) is 9.59 Å². The number of carbonyl (C=O) groups is 2. The SMILES string of the molecule is CN1C(=O)COc2cc(N(CC#N)CCC(=O)O)ccc21. The zero-order chi connectivity index (χ0) is 15.4. The van der Waals surface area contributed by atoms with Crippen LogP contribution in [0.2, 0.25) is 0 Å². The number of hydrogen-bond donors (Lipinski definition) is 1. The molecule has 1 aliphatic heterocycles. The van der Waals surface area contributed by atoms with Crippen molar-refractivity contribution in [1.29, 1.82) is 5.26 Å². The summed E-state index contributed by atoms with van der Waals surface area (Å²) in [5, 5.41) is 17.6. The minimum Gasteiger partial charge on any atom is -0.481 e. The first-order valence-corrected chi connectivity index (χ1v) is 6.40. The number of hydrogen-bond acceptors (Lipinski definition) is 5. The number of fused-ring (bicyclic) bond motifs is 1. The van der Waals surface area contributed by atoms with Crippen LogP contribution in [0, 0.1) is 11.3 Å². The van der Waals surface area contributed by atoms with E-state index in [1.165, 1.54) is 4.90 Å². The first kappa shape index (κ1) is 14.7. The molecule has 2 rings (SSSR count). The Labute approximate surface area is 121 Å². The molecule has 0 saturated carbocycles. The van der Waals surface area contributed by atoms with Crippen LogP contribution in [-0.2, 0) is 9.59 Å². The van der Waals surface area contributed by atoms with E-state index in [1.807, 2.05) is 6.07 Å². The zero-order valence-electron chi connectivity index (χ0n) is 11.6. The van der Waals surface area contributed by atoms with Crippen LogP contribution in [0.25, 0.3) is 0 Å². The Hall–Kier alpha value is -2.75. The Morgan fingerprint density at radius 2 is 2.33 bits per heavy atom. The maximum absolute atomic E-state index is 11.5. The third-order valence-corrected chi connectivity index (χ3v) is 3.25. The summed E-state index contributed by atoms with van der Waals surface area (Å²) in [6.45, 7) is 0.289. The summed E-state index contributed by atoms with van der Waals surface area (Å²) in [6, 6.07) is 7.21. The molecule has 0 aromatic heterocycles. The molecule has 1 heterocycles. The number of rotatable bonds is 5. The monoisotopic (exact) mass is 289 g/mol. The van der Waals surface area contributed by atoms with Crippen LogP contribution in [0.5, 0.6) is 5.75 Å². The predicted molar refractivity (Wildman–Crippen MR) is 75.4 cm³/mol. The molecule has 0 unspecified atom stereocenters.